The lowest BCUT2D eigenvalue weighted by atomic mass is 10.3. The van der Waals surface area contributed by atoms with Crippen molar-refractivity contribution in [3.05, 3.63) is 63.7 Å². The van der Waals surface area contributed by atoms with Crippen molar-refractivity contribution in [3.8, 4) is 5.75 Å². The number of ether oxygens (including phenoxy) is 2. The number of nitrogens with zero attached hydrogens (tertiary/aromatic N) is 1. The lowest BCUT2D eigenvalue weighted by Crippen LogP contribution is -2.21. The molecule has 0 aliphatic rings. The van der Waals surface area contributed by atoms with Crippen LogP contribution in [0.15, 0.2) is 48.5 Å². The van der Waals surface area contributed by atoms with Crippen molar-refractivity contribution < 1.29 is 24.0 Å². The van der Waals surface area contributed by atoms with E-state index >= 15 is 0 Å². The van der Waals surface area contributed by atoms with Gasteiger partial charge >= 0.3 is 5.97 Å². The summed E-state index contributed by atoms with van der Waals surface area (Å²) in [6.07, 6.45) is -0.0193. The number of benzene rings is 2. The van der Waals surface area contributed by atoms with E-state index in [-0.39, 0.29) is 29.4 Å². The van der Waals surface area contributed by atoms with Gasteiger partial charge < -0.3 is 14.8 Å². The van der Waals surface area contributed by atoms with Gasteiger partial charge in [-0.3, -0.25) is 19.7 Å². The van der Waals surface area contributed by atoms with Crippen LogP contribution in [0.1, 0.15) is 6.42 Å². The fraction of sp³-hybridized carbons (Fsp3) is 0.176. The second-order valence-corrected chi connectivity index (χ2v) is 5.45. The highest BCUT2D eigenvalue weighted by Gasteiger charge is 2.14. The molecule has 0 aliphatic carbocycles. The maximum atomic E-state index is 11.8. The minimum atomic E-state index is -0.662. The number of nitro benzene ring substituents is 1. The highest BCUT2D eigenvalue weighted by Crippen LogP contribution is 2.27. The van der Waals surface area contributed by atoms with Crippen molar-refractivity contribution in [1.82, 2.24) is 0 Å². The van der Waals surface area contributed by atoms with Gasteiger partial charge in [-0.25, -0.2) is 0 Å². The summed E-state index contributed by atoms with van der Waals surface area (Å²) in [5.41, 5.74) is -0.158. The van der Waals surface area contributed by atoms with Crippen LogP contribution in [0, 0.1) is 10.1 Å². The summed E-state index contributed by atoms with van der Waals surface area (Å²) in [4.78, 5) is 33.5. The zero-order valence-electron chi connectivity index (χ0n) is 13.5. The molecule has 2 rings (SSSR count). The zero-order valence-corrected chi connectivity index (χ0v) is 14.3. The number of carbonyl (C=O) groups is 2. The Hall–Kier alpha value is -3.13. The predicted molar refractivity (Wildman–Crippen MR) is 94.2 cm³/mol. The molecule has 0 aromatic heterocycles. The summed E-state index contributed by atoms with van der Waals surface area (Å²) in [5, 5.41) is 13.2. The van der Waals surface area contributed by atoms with E-state index in [2.05, 4.69) is 5.32 Å². The Kier molecular flexibility index (Phi) is 6.92. The third-order valence-electron chi connectivity index (χ3n) is 3.11. The van der Waals surface area contributed by atoms with Gasteiger partial charge in [0, 0.05) is 11.8 Å². The molecule has 0 heterocycles. The molecule has 9 heteroatoms. The second kappa shape index (κ2) is 9.38. The molecule has 0 saturated carbocycles. The van der Waals surface area contributed by atoms with E-state index in [1.807, 2.05) is 6.07 Å². The SMILES string of the molecule is O=C(COC(=O)CCOc1ccccc1)Nc1ccc(Cl)c([N+](=O)[O-])c1. The Bertz CT molecular complexity index is 797. The summed E-state index contributed by atoms with van der Waals surface area (Å²) in [7, 11) is 0. The number of para-hydroxylation sites is 1. The normalized spacial score (nSPS) is 10.0. The fourth-order valence-electron chi connectivity index (χ4n) is 1.91. The average Bonchev–Trinajstić information content (AvgIpc) is 2.62. The first-order chi connectivity index (χ1) is 12.5. The number of nitro groups is 1. The van der Waals surface area contributed by atoms with Crippen molar-refractivity contribution in [3.63, 3.8) is 0 Å². The fourth-order valence-corrected chi connectivity index (χ4v) is 2.10. The zero-order chi connectivity index (χ0) is 18.9. The van der Waals surface area contributed by atoms with Crippen LogP contribution in [0.2, 0.25) is 5.02 Å². The lowest BCUT2D eigenvalue weighted by Gasteiger charge is -2.08. The number of nitrogens with one attached hydrogen (secondary N) is 1. The Morgan fingerprint density at radius 2 is 1.88 bits per heavy atom. The van der Waals surface area contributed by atoms with E-state index in [9.17, 15) is 19.7 Å². The molecule has 0 saturated heterocycles. The van der Waals surface area contributed by atoms with Crippen molar-refractivity contribution in [2.75, 3.05) is 18.5 Å². The van der Waals surface area contributed by atoms with Gasteiger partial charge in [0.05, 0.1) is 18.0 Å². The Labute approximate surface area is 153 Å². The Balaban J connectivity index is 1.73. The van der Waals surface area contributed by atoms with Crippen molar-refractivity contribution in [1.29, 1.82) is 0 Å². The minimum absolute atomic E-state index is 0.0193. The van der Waals surface area contributed by atoms with E-state index in [1.54, 1.807) is 24.3 Å². The second-order valence-electron chi connectivity index (χ2n) is 5.04. The van der Waals surface area contributed by atoms with Crippen LogP contribution in [-0.4, -0.2) is 30.0 Å². The molecule has 0 bridgehead atoms. The molecule has 0 spiro atoms. The first kappa shape index (κ1) is 19.2. The quantitative estimate of drug-likeness (QED) is 0.429. The number of halogens is 1. The van der Waals surface area contributed by atoms with E-state index < -0.39 is 23.4 Å². The molecule has 1 N–H and O–H groups in total. The summed E-state index contributed by atoms with van der Waals surface area (Å²) in [6, 6.07) is 12.8. The molecule has 0 aliphatic heterocycles. The van der Waals surface area contributed by atoms with Gasteiger partial charge in [0.2, 0.25) is 0 Å². The average molecular weight is 379 g/mol. The van der Waals surface area contributed by atoms with E-state index in [0.717, 1.165) is 6.07 Å². The number of esters is 1. The molecular formula is C17H15ClN2O6. The Morgan fingerprint density at radius 3 is 2.58 bits per heavy atom. The third kappa shape index (κ3) is 6.06. The monoisotopic (exact) mass is 378 g/mol. The van der Waals surface area contributed by atoms with Gasteiger partial charge in [-0.15, -0.1) is 0 Å². The summed E-state index contributed by atoms with van der Waals surface area (Å²) in [5.74, 6) is -0.598. The number of hydrogen-bond acceptors (Lipinski definition) is 6. The van der Waals surface area contributed by atoms with Crippen LogP contribution in [0.25, 0.3) is 0 Å². The van der Waals surface area contributed by atoms with Crippen LogP contribution in [0.3, 0.4) is 0 Å². The number of amides is 1. The van der Waals surface area contributed by atoms with E-state index in [0.29, 0.717) is 5.75 Å². The maximum absolute atomic E-state index is 11.8. The number of rotatable bonds is 8. The number of anilines is 1. The van der Waals surface area contributed by atoms with Gasteiger partial charge in [-0.2, -0.15) is 0 Å². The highest BCUT2D eigenvalue weighted by atomic mass is 35.5. The van der Waals surface area contributed by atoms with E-state index in [1.165, 1.54) is 12.1 Å². The molecule has 26 heavy (non-hydrogen) atoms. The topological polar surface area (TPSA) is 108 Å². The van der Waals surface area contributed by atoms with Crippen molar-refractivity contribution in [2.45, 2.75) is 6.42 Å². The Morgan fingerprint density at radius 1 is 1.15 bits per heavy atom. The van der Waals surface area contributed by atoms with Gasteiger partial charge in [0.25, 0.3) is 11.6 Å². The van der Waals surface area contributed by atoms with Crippen molar-refractivity contribution in [2.24, 2.45) is 0 Å². The van der Waals surface area contributed by atoms with Gasteiger partial charge in [0.1, 0.15) is 10.8 Å². The molecule has 0 unspecified atom stereocenters. The predicted octanol–water partition coefficient (Wildman–Crippen LogP) is 3.20. The summed E-state index contributed by atoms with van der Waals surface area (Å²) < 4.78 is 10.2. The lowest BCUT2D eigenvalue weighted by molar-refractivity contribution is -0.384. The summed E-state index contributed by atoms with van der Waals surface area (Å²) in [6.45, 7) is -0.394. The largest absolute Gasteiger partial charge is 0.493 e. The third-order valence-corrected chi connectivity index (χ3v) is 3.43. The first-order valence-electron chi connectivity index (χ1n) is 7.53. The highest BCUT2D eigenvalue weighted by molar-refractivity contribution is 6.32. The molecule has 0 fully saturated rings. The van der Waals surface area contributed by atoms with Gasteiger partial charge in [-0.05, 0) is 24.3 Å². The molecule has 1 amide bonds. The van der Waals surface area contributed by atoms with Gasteiger partial charge in [0.15, 0.2) is 6.61 Å². The molecule has 2 aromatic rings. The van der Waals surface area contributed by atoms with Crippen LogP contribution in [-0.2, 0) is 14.3 Å². The number of carbonyl (C=O) groups excluding carboxylic acids is 2. The maximum Gasteiger partial charge on any atom is 0.309 e. The molecule has 2 aromatic carbocycles. The number of hydrogen-bond donors (Lipinski definition) is 1. The first-order valence-corrected chi connectivity index (χ1v) is 7.91. The van der Waals surface area contributed by atoms with Crippen LogP contribution in [0.4, 0.5) is 11.4 Å². The van der Waals surface area contributed by atoms with E-state index in [4.69, 9.17) is 21.1 Å². The van der Waals surface area contributed by atoms with Crippen LogP contribution < -0.4 is 10.1 Å². The van der Waals surface area contributed by atoms with Gasteiger partial charge in [-0.1, -0.05) is 29.8 Å². The molecule has 8 nitrogen and oxygen atoms in total. The summed E-state index contributed by atoms with van der Waals surface area (Å²) >= 11 is 5.69. The van der Waals surface area contributed by atoms with Crippen LogP contribution in [0.5, 0.6) is 5.75 Å². The molecular weight excluding hydrogens is 364 g/mol. The minimum Gasteiger partial charge on any atom is -0.493 e. The van der Waals surface area contributed by atoms with Crippen LogP contribution >= 0.6 is 11.6 Å². The van der Waals surface area contributed by atoms with Crippen molar-refractivity contribution >= 4 is 34.9 Å². The smallest absolute Gasteiger partial charge is 0.309 e. The molecule has 0 radical (unpaired) electrons. The molecule has 136 valence electrons. The standard InChI is InChI=1S/C17H15ClN2O6/c18-14-7-6-12(10-15(14)20(23)24)19-16(21)11-26-17(22)8-9-25-13-4-2-1-3-5-13/h1-7,10H,8-9,11H2,(H,19,21). The molecule has 0 atom stereocenters.